The maximum absolute atomic E-state index is 5.93. The largest absolute Gasteiger partial charge is 0.397 e. The van der Waals surface area contributed by atoms with Gasteiger partial charge in [0.1, 0.15) is 0 Å². The maximum atomic E-state index is 5.93. The zero-order chi connectivity index (χ0) is 11.5. The summed E-state index contributed by atoms with van der Waals surface area (Å²) < 4.78 is 1.14. The molecular weight excluding hydrogens is 335 g/mol. The molecule has 0 fully saturated rings. The highest BCUT2D eigenvalue weighted by molar-refractivity contribution is 14.1. The van der Waals surface area contributed by atoms with E-state index >= 15 is 0 Å². The van der Waals surface area contributed by atoms with E-state index in [0.717, 1.165) is 14.9 Å². The van der Waals surface area contributed by atoms with E-state index in [9.17, 15) is 0 Å². The van der Waals surface area contributed by atoms with Crippen LogP contribution in [0.4, 0.5) is 17.1 Å². The second kappa shape index (κ2) is 4.93. The number of halogens is 2. The number of hydrogen-bond acceptors (Lipinski definition) is 2. The lowest BCUT2D eigenvalue weighted by atomic mass is 10.2. The summed E-state index contributed by atoms with van der Waals surface area (Å²) >= 11 is 8.20. The van der Waals surface area contributed by atoms with Gasteiger partial charge < -0.3 is 11.1 Å². The van der Waals surface area contributed by atoms with Crippen molar-refractivity contribution in [2.45, 2.75) is 0 Å². The lowest BCUT2D eigenvalue weighted by molar-refractivity contribution is 1.52. The number of anilines is 3. The highest BCUT2D eigenvalue weighted by Crippen LogP contribution is 2.28. The number of hydrogen-bond donors (Lipinski definition) is 2. The van der Waals surface area contributed by atoms with Gasteiger partial charge in [0.2, 0.25) is 0 Å². The minimum Gasteiger partial charge on any atom is -0.397 e. The van der Waals surface area contributed by atoms with Crippen molar-refractivity contribution in [1.82, 2.24) is 0 Å². The SMILES string of the molecule is Nc1ccc(Cl)cc1Nc1ccccc1I. The van der Waals surface area contributed by atoms with Crippen LogP contribution >= 0.6 is 34.2 Å². The average molecular weight is 345 g/mol. The van der Waals surface area contributed by atoms with E-state index < -0.39 is 0 Å². The highest BCUT2D eigenvalue weighted by Gasteiger charge is 2.03. The molecule has 0 bridgehead atoms. The standard InChI is InChI=1S/C12H10ClIN2/c13-8-5-6-10(15)12(7-8)16-11-4-2-1-3-9(11)14/h1-7,16H,15H2. The summed E-state index contributed by atoms with van der Waals surface area (Å²) in [7, 11) is 0. The van der Waals surface area contributed by atoms with Crippen LogP contribution in [0.5, 0.6) is 0 Å². The zero-order valence-corrected chi connectivity index (χ0v) is 11.3. The van der Waals surface area contributed by atoms with Gasteiger partial charge in [0.05, 0.1) is 17.1 Å². The summed E-state index contributed by atoms with van der Waals surface area (Å²) in [5.41, 5.74) is 8.40. The quantitative estimate of drug-likeness (QED) is 0.631. The number of benzene rings is 2. The van der Waals surface area contributed by atoms with Gasteiger partial charge in [-0.15, -0.1) is 0 Å². The molecule has 0 aliphatic carbocycles. The van der Waals surface area contributed by atoms with E-state index in [1.165, 1.54) is 0 Å². The van der Waals surface area contributed by atoms with Gasteiger partial charge in [-0.05, 0) is 52.9 Å². The summed E-state index contributed by atoms with van der Waals surface area (Å²) in [6.45, 7) is 0. The van der Waals surface area contributed by atoms with E-state index in [0.29, 0.717) is 10.7 Å². The topological polar surface area (TPSA) is 38.0 Å². The van der Waals surface area contributed by atoms with Gasteiger partial charge in [0.15, 0.2) is 0 Å². The first-order valence-corrected chi connectivity index (χ1v) is 6.19. The highest BCUT2D eigenvalue weighted by atomic mass is 127. The molecule has 2 aromatic carbocycles. The molecule has 0 aliphatic rings. The minimum atomic E-state index is 0.669. The van der Waals surface area contributed by atoms with Crippen LogP contribution in [-0.2, 0) is 0 Å². The van der Waals surface area contributed by atoms with Crippen molar-refractivity contribution < 1.29 is 0 Å². The Labute approximate surface area is 113 Å². The molecule has 3 N–H and O–H groups in total. The zero-order valence-electron chi connectivity index (χ0n) is 8.37. The number of nitrogens with two attached hydrogens (primary N) is 1. The van der Waals surface area contributed by atoms with Gasteiger partial charge in [0.25, 0.3) is 0 Å². The molecule has 0 aromatic heterocycles. The normalized spacial score (nSPS) is 10.1. The van der Waals surface area contributed by atoms with Crippen LogP contribution in [0.15, 0.2) is 42.5 Å². The fourth-order valence-electron chi connectivity index (χ4n) is 1.34. The minimum absolute atomic E-state index is 0.669. The van der Waals surface area contributed by atoms with Crippen molar-refractivity contribution in [3.05, 3.63) is 51.1 Å². The fourth-order valence-corrected chi connectivity index (χ4v) is 2.04. The van der Waals surface area contributed by atoms with Crippen molar-refractivity contribution >= 4 is 51.3 Å². The Morgan fingerprint density at radius 1 is 1.06 bits per heavy atom. The molecule has 0 spiro atoms. The molecule has 0 heterocycles. The van der Waals surface area contributed by atoms with Crippen molar-refractivity contribution in [2.75, 3.05) is 11.1 Å². The third kappa shape index (κ3) is 2.59. The van der Waals surface area contributed by atoms with E-state index in [4.69, 9.17) is 17.3 Å². The lowest BCUT2D eigenvalue weighted by Crippen LogP contribution is -1.97. The molecule has 0 aliphatic heterocycles. The van der Waals surface area contributed by atoms with E-state index in [1.807, 2.05) is 30.3 Å². The Kier molecular flexibility index (Phi) is 3.56. The predicted octanol–water partition coefficient (Wildman–Crippen LogP) is 4.27. The second-order valence-electron chi connectivity index (χ2n) is 3.34. The van der Waals surface area contributed by atoms with Crippen LogP contribution in [0.25, 0.3) is 0 Å². The summed E-state index contributed by atoms with van der Waals surface area (Å²) in [6, 6.07) is 13.4. The molecule has 0 amide bonds. The first-order valence-electron chi connectivity index (χ1n) is 4.73. The summed E-state index contributed by atoms with van der Waals surface area (Å²) in [5.74, 6) is 0. The third-order valence-electron chi connectivity index (χ3n) is 2.16. The molecule has 2 rings (SSSR count). The molecule has 0 saturated heterocycles. The van der Waals surface area contributed by atoms with E-state index in [1.54, 1.807) is 12.1 Å². The van der Waals surface area contributed by atoms with Crippen LogP contribution in [0.2, 0.25) is 5.02 Å². The second-order valence-corrected chi connectivity index (χ2v) is 4.94. The predicted molar refractivity (Wildman–Crippen MR) is 78.3 cm³/mol. The molecule has 0 saturated carbocycles. The van der Waals surface area contributed by atoms with Crippen molar-refractivity contribution in [2.24, 2.45) is 0 Å². The smallest absolute Gasteiger partial charge is 0.0633 e. The molecule has 0 radical (unpaired) electrons. The maximum Gasteiger partial charge on any atom is 0.0633 e. The van der Waals surface area contributed by atoms with Crippen LogP contribution < -0.4 is 11.1 Å². The molecule has 0 unspecified atom stereocenters. The van der Waals surface area contributed by atoms with Crippen molar-refractivity contribution in [1.29, 1.82) is 0 Å². The van der Waals surface area contributed by atoms with Crippen LogP contribution in [0, 0.1) is 3.57 Å². The van der Waals surface area contributed by atoms with Crippen LogP contribution in [0.3, 0.4) is 0 Å². The Balaban J connectivity index is 2.34. The fraction of sp³-hybridized carbons (Fsp3) is 0. The Morgan fingerprint density at radius 2 is 1.81 bits per heavy atom. The molecule has 4 heteroatoms. The number of rotatable bonds is 2. The molecule has 0 atom stereocenters. The monoisotopic (exact) mass is 344 g/mol. The summed E-state index contributed by atoms with van der Waals surface area (Å²) in [5, 5.41) is 3.93. The Hall–Kier alpha value is -0.940. The number of nitrogen functional groups attached to an aromatic ring is 1. The third-order valence-corrected chi connectivity index (χ3v) is 3.33. The first-order chi connectivity index (χ1) is 7.66. The number of para-hydroxylation sites is 1. The number of nitrogens with one attached hydrogen (secondary N) is 1. The van der Waals surface area contributed by atoms with E-state index in [2.05, 4.69) is 27.9 Å². The van der Waals surface area contributed by atoms with Gasteiger partial charge in [0, 0.05) is 8.59 Å². The average Bonchev–Trinajstić information content (AvgIpc) is 2.27. The van der Waals surface area contributed by atoms with Crippen LogP contribution in [0.1, 0.15) is 0 Å². The van der Waals surface area contributed by atoms with Gasteiger partial charge in [-0.1, -0.05) is 23.7 Å². The van der Waals surface area contributed by atoms with Crippen LogP contribution in [-0.4, -0.2) is 0 Å². The lowest BCUT2D eigenvalue weighted by Gasteiger charge is -2.11. The molecular formula is C12H10ClIN2. The van der Waals surface area contributed by atoms with Crippen molar-refractivity contribution in [3.8, 4) is 0 Å². The van der Waals surface area contributed by atoms with Gasteiger partial charge in [-0.3, -0.25) is 0 Å². The molecule has 16 heavy (non-hydrogen) atoms. The molecule has 2 aromatic rings. The first kappa shape index (κ1) is 11.5. The van der Waals surface area contributed by atoms with Gasteiger partial charge >= 0.3 is 0 Å². The Bertz CT molecular complexity index is 514. The summed E-state index contributed by atoms with van der Waals surface area (Å²) in [6.07, 6.45) is 0. The van der Waals surface area contributed by atoms with Gasteiger partial charge in [-0.25, -0.2) is 0 Å². The molecule has 2 nitrogen and oxygen atoms in total. The Morgan fingerprint density at radius 3 is 2.56 bits per heavy atom. The van der Waals surface area contributed by atoms with Crippen molar-refractivity contribution in [3.63, 3.8) is 0 Å². The van der Waals surface area contributed by atoms with Gasteiger partial charge in [-0.2, -0.15) is 0 Å². The summed E-state index contributed by atoms with van der Waals surface area (Å²) in [4.78, 5) is 0. The van der Waals surface area contributed by atoms with E-state index in [-0.39, 0.29) is 0 Å². The molecule has 82 valence electrons.